The topological polar surface area (TPSA) is 66.4 Å². The number of aliphatic hydroxyl groups excluding tert-OH is 1. The molecule has 1 heterocycles. The van der Waals surface area contributed by atoms with E-state index in [4.69, 9.17) is 6.42 Å². The second-order valence-corrected chi connectivity index (χ2v) is 5.88. The van der Waals surface area contributed by atoms with E-state index < -0.39 is 15.9 Å². The lowest BCUT2D eigenvalue weighted by Crippen LogP contribution is -2.43. The van der Waals surface area contributed by atoms with Crippen LogP contribution in [0.2, 0.25) is 0 Å². The third-order valence-electron chi connectivity index (χ3n) is 2.25. The molecule has 0 saturated carbocycles. The first-order valence-electron chi connectivity index (χ1n) is 4.52. The van der Waals surface area contributed by atoms with Crippen molar-refractivity contribution < 1.29 is 13.5 Å². The molecule has 3 unspecified atom stereocenters. The summed E-state index contributed by atoms with van der Waals surface area (Å²) < 4.78 is 22.3. The van der Waals surface area contributed by atoms with Crippen LogP contribution in [0.4, 0.5) is 0 Å². The lowest BCUT2D eigenvalue weighted by atomic mass is 10.1. The van der Waals surface area contributed by atoms with E-state index in [-0.39, 0.29) is 23.6 Å². The molecule has 0 radical (unpaired) electrons. The summed E-state index contributed by atoms with van der Waals surface area (Å²) >= 11 is 0. The third-order valence-corrected chi connectivity index (χ3v) is 3.96. The summed E-state index contributed by atoms with van der Waals surface area (Å²) in [4.78, 5) is 0. The van der Waals surface area contributed by atoms with Crippen LogP contribution >= 0.6 is 0 Å². The summed E-state index contributed by atoms with van der Waals surface area (Å²) in [5.74, 6) is 2.34. The van der Waals surface area contributed by atoms with Gasteiger partial charge in [-0.3, -0.25) is 0 Å². The van der Waals surface area contributed by atoms with Crippen molar-refractivity contribution in [2.24, 2.45) is 0 Å². The molecule has 0 bridgehead atoms. The number of nitrogens with one attached hydrogen (secondary N) is 1. The van der Waals surface area contributed by atoms with Crippen LogP contribution in [-0.2, 0) is 9.84 Å². The van der Waals surface area contributed by atoms with Gasteiger partial charge in [-0.15, -0.1) is 12.3 Å². The zero-order chi connectivity index (χ0) is 10.8. The smallest absolute Gasteiger partial charge is 0.154 e. The number of hydrogen-bond acceptors (Lipinski definition) is 4. The average Bonchev–Trinajstić information content (AvgIpc) is 2.25. The first kappa shape index (κ1) is 11.5. The average molecular weight is 217 g/mol. The lowest BCUT2D eigenvalue weighted by Gasteiger charge is -2.19. The number of hydrogen-bond donors (Lipinski definition) is 2. The maximum absolute atomic E-state index is 11.2. The molecule has 1 fully saturated rings. The first-order chi connectivity index (χ1) is 6.44. The molecule has 0 spiro atoms. The van der Waals surface area contributed by atoms with E-state index in [1.165, 1.54) is 0 Å². The largest absolute Gasteiger partial charge is 0.390 e. The second kappa shape index (κ2) is 4.30. The van der Waals surface area contributed by atoms with Gasteiger partial charge in [0, 0.05) is 18.5 Å². The highest BCUT2D eigenvalue weighted by atomic mass is 32.2. The highest BCUT2D eigenvalue weighted by molar-refractivity contribution is 7.91. The van der Waals surface area contributed by atoms with E-state index in [2.05, 4.69) is 11.2 Å². The normalized spacial score (nSPS) is 32.4. The quantitative estimate of drug-likeness (QED) is 0.604. The maximum atomic E-state index is 11.2. The van der Waals surface area contributed by atoms with Gasteiger partial charge >= 0.3 is 0 Å². The molecule has 0 aromatic rings. The molecule has 3 atom stereocenters. The molecule has 0 aliphatic carbocycles. The van der Waals surface area contributed by atoms with Crippen molar-refractivity contribution >= 4 is 9.84 Å². The minimum Gasteiger partial charge on any atom is -0.390 e. The molecule has 1 aliphatic rings. The summed E-state index contributed by atoms with van der Waals surface area (Å²) in [5.41, 5.74) is 0. The molecule has 0 aromatic heterocycles. The van der Waals surface area contributed by atoms with Gasteiger partial charge in [0.1, 0.15) is 0 Å². The third kappa shape index (κ3) is 2.98. The molecule has 5 heteroatoms. The van der Waals surface area contributed by atoms with Crippen molar-refractivity contribution in [3.05, 3.63) is 0 Å². The van der Waals surface area contributed by atoms with Crippen molar-refractivity contribution in [3.63, 3.8) is 0 Å². The van der Waals surface area contributed by atoms with Crippen LogP contribution in [0.15, 0.2) is 0 Å². The van der Waals surface area contributed by atoms with Gasteiger partial charge < -0.3 is 10.4 Å². The highest BCUT2D eigenvalue weighted by Gasteiger charge is 2.36. The van der Waals surface area contributed by atoms with Gasteiger partial charge in [-0.05, 0) is 6.92 Å². The van der Waals surface area contributed by atoms with Gasteiger partial charge in [-0.1, -0.05) is 0 Å². The Labute approximate surface area is 84.6 Å². The fraction of sp³-hybridized carbons (Fsp3) is 0.778. The van der Waals surface area contributed by atoms with Crippen LogP contribution in [0.25, 0.3) is 0 Å². The van der Waals surface area contributed by atoms with Crippen LogP contribution in [0.1, 0.15) is 13.3 Å². The Morgan fingerprint density at radius 1 is 1.64 bits per heavy atom. The summed E-state index contributed by atoms with van der Waals surface area (Å²) in [6, 6.07) is -0.337. The molecule has 0 aromatic carbocycles. The van der Waals surface area contributed by atoms with Gasteiger partial charge in [0.25, 0.3) is 0 Å². The first-order valence-corrected chi connectivity index (χ1v) is 6.35. The van der Waals surface area contributed by atoms with Crippen molar-refractivity contribution in [1.82, 2.24) is 5.32 Å². The molecule has 4 nitrogen and oxygen atoms in total. The van der Waals surface area contributed by atoms with Gasteiger partial charge in [0.2, 0.25) is 0 Å². The number of rotatable bonds is 3. The molecule has 0 amide bonds. The Balaban J connectivity index is 2.52. The van der Waals surface area contributed by atoms with E-state index in [9.17, 15) is 13.5 Å². The van der Waals surface area contributed by atoms with Crippen LogP contribution in [0.3, 0.4) is 0 Å². The monoisotopic (exact) mass is 217 g/mol. The summed E-state index contributed by atoms with van der Waals surface area (Å²) in [5, 5.41) is 12.5. The molecule has 14 heavy (non-hydrogen) atoms. The Bertz CT molecular complexity index is 330. The Kier molecular flexibility index (Phi) is 3.53. The van der Waals surface area contributed by atoms with E-state index >= 15 is 0 Å². The zero-order valence-electron chi connectivity index (χ0n) is 8.10. The van der Waals surface area contributed by atoms with Crippen LogP contribution in [0.5, 0.6) is 0 Å². The van der Waals surface area contributed by atoms with E-state index in [0.29, 0.717) is 6.42 Å². The van der Waals surface area contributed by atoms with Crippen LogP contribution in [0, 0.1) is 12.3 Å². The minimum atomic E-state index is -3.07. The van der Waals surface area contributed by atoms with Gasteiger partial charge in [-0.25, -0.2) is 8.42 Å². The van der Waals surface area contributed by atoms with Gasteiger partial charge in [0.05, 0.1) is 17.6 Å². The summed E-state index contributed by atoms with van der Waals surface area (Å²) in [6.07, 6.45) is 4.85. The van der Waals surface area contributed by atoms with Crippen LogP contribution in [-0.4, -0.2) is 43.2 Å². The highest BCUT2D eigenvalue weighted by Crippen LogP contribution is 2.13. The Morgan fingerprint density at radius 3 is 2.71 bits per heavy atom. The summed E-state index contributed by atoms with van der Waals surface area (Å²) in [6.45, 7) is 1.87. The standard InChI is InChI=1S/C9H15NO3S/c1-3-4-7(2)10-8-5-14(12,13)6-9(8)11/h1,7-11H,4-6H2,2H3. The summed E-state index contributed by atoms with van der Waals surface area (Å²) in [7, 11) is -3.07. The minimum absolute atomic E-state index is 0.00305. The van der Waals surface area contributed by atoms with Crippen LogP contribution < -0.4 is 5.32 Å². The molecule has 2 N–H and O–H groups in total. The van der Waals surface area contributed by atoms with E-state index in [0.717, 1.165) is 0 Å². The number of terminal acetylenes is 1. The lowest BCUT2D eigenvalue weighted by molar-refractivity contribution is 0.160. The molecular formula is C9H15NO3S. The van der Waals surface area contributed by atoms with E-state index in [1.54, 1.807) is 0 Å². The molecule has 1 rings (SSSR count). The van der Waals surface area contributed by atoms with Crippen molar-refractivity contribution in [2.75, 3.05) is 11.5 Å². The Hall–Kier alpha value is -0.570. The molecule has 1 aliphatic heterocycles. The SMILES string of the molecule is C#CCC(C)NC1CS(=O)(=O)CC1O. The van der Waals surface area contributed by atoms with Crippen molar-refractivity contribution in [1.29, 1.82) is 0 Å². The fourth-order valence-corrected chi connectivity index (χ4v) is 3.34. The van der Waals surface area contributed by atoms with Crippen molar-refractivity contribution in [2.45, 2.75) is 31.5 Å². The number of aliphatic hydroxyl groups is 1. The molecule has 1 saturated heterocycles. The number of sulfone groups is 1. The zero-order valence-corrected chi connectivity index (χ0v) is 8.92. The van der Waals surface area contributed by atoms with Gasteiger partial charge in [0.15, 0.2) is 9.84 Å². The Morgan fingerprint density at radius 2 is 2.29 bits per heavy atom. The van der Waals surface area contributed by atoms with Gasteiger partial charge in [-0.2, -0.15) is 0 Å². The van der Waals surface area contributed by atoms with E-state index in [1.807, 2.05) is 6.92 Å². The predicted octanol–water partition coefficient (Wildman–Crippen LogP) is -0.854. The predicted molar refractivity (Wildman–Crippen MR) is 54.5 cm³/mol. The molecule has 80 valence electrons. The second-order valence-electron chi connectivity index (χ2n) is 3.73. The molecular weight excluding hydrogens is 202 g/mol. The van der Waals surface area contributed by atoms with Crippen molar-refractivity contribution in [3.8, 4) is 12.3 Å². The fourth-order valence-electron chi connectivity index (χ4n) is 1.59. The maximum Gasteiger partial charge on any atom is 0.154 e.